The smallest absolute Gasteiger partial charge is 0.154 e. The van der Waals surface area contributed by atoms with Crippen LogP contribution in [0.5, 0.6) is 0 Å². The Bertz CT molecular complexity index is 1220. The van der Waals surface area contributed by atoms with E-state index in [1.165, 1.54) is 18.2 Å². The van der Waals surface area contributed by atoms with Crippen LogP contribution in [-0.4, -0.2) is 13.3 Å². The molecule has 0 radical (unpaired) electrons. The van der Waals surface area contributed by atoms with Gasteiger partial charge in [-0.05, 0) is 54.1 Å². The van der Waals surface area contributed by atoms with Crippen molar-refractivity contribution < 1.29 is 17.7 Å². The molecule has 0 unspecified atom stereocenters. The molecule has 6 heteroatoms. The van der Waals surface area contributed by atoms with Crippen LogP contribution in [0.1, 0.15) is 5.56 Å². The Balaban J connectivity index is 2.22. The van der Waals surface area contributed by atoms with Gasteiger partial charge in [0.1, 0.15) is 10.7 Å². The number of rotatable bonds is 6. The van der Waals surface area contributed by atoms with Crippen molar-refractivity contribution >= 4 is 23.8 Å². The first-order valence-corrected chi connectivity index (χ1v) is 13.9. The van der Waals surface area contributed by atoms with Crippen LogP contribution in [-0.2, 0) is 8.66 Å². The average Bonchev–Trinajstić information content (AvgIpc) is 2.81. The predicted octanol–water partition coefficient (Wildman–Crippen LogP) is 7.49. The summed E-state index contributed by atoms with van der Waals surface area (Å²) < 4.78 is 53.9. The van der Waals surface area contributed by atoms with Crippen molar-refractivity contribution in [2.24, 2.45) is 0 Å². The Morgan fingerprint density at radius 3 is 1.47 bits per heavy atom. The Hall–Kier alpha value is -3.03. The molecule has 0 aromatic heterocycles. The van der Waals surface area contributed by atoms with Gasteiger partial charge in [0.15, 0.2) is 8.66 Å². The zero-order chi connectivity index (χ0) is 22.8. The summed E-state index contributed by atoms with van der Waals surface area (Å²) in [4.78, 5) is 0.670. The van der Waals surface area contributed by atoms with Gasteiger partial charge in [0.2, 0.25) is 0 Å². The second-order valence-electron chi connectivity index (χ2n) is 7.19. The molecule has 0 atom stereocenters. The minimum absolute atomic E-state index is 0.437. The first-order valence-electron chi connectivity index (χ1n) is 9.87. The van der Waals surface area contributed by atoms with E-state index in [-0.39, 0.29) is 0 Å². The lowest BCUT2D eigenvalue weighted by molar-refractivity contribution is 0.406. The van der Waals surface area contributed by atoms with E-state index in [2.05, 4.69) is 6.58 Å². The minimum Gasteiger partial charge on any atom is -0.297 e. The molecule has 164 valence electrons. The van der Waals surface area contributed by atoms with Gasteiger partial charge < -0.3 is 0 Å². The summed E-state index contributed by atoms with van der Waals surface area (Å²) in [6.07, 6.45) is 1.44. The van der Waals surface area contributed by atoms with Crippen molar-refractivity contribution in [3.63, 3.8) is 0 Å². The van der Waals surface area contributed by atoms with Crippen molar-refractivity contribution in [1.82, 2.24) is 0 Å². The van der Waals surface area contributed by atoms with Crippen LogP contribution >= 0.6 is 9.06 Å². The molecule has 0 amide bonds. The molecule has 4 aromatic carbocycles. The van der Waals surface area contributed by atoms with E-state index >= 15 is 4.39 Å². The average molecular weight is 467 g/mol. The van der Waals surface area contributed by atoms with Gasteiger partial charge in [0.05, 0.1) is 0 Å². The quantitative estimate of drug-likeness (QED) is 0.289. The maximum atomic E-state index is 15.3. The topological polar surface area (TPSA) is 57.5 Å². The lowest BCUT2D eigenvalue weighted by Crippen LogP contribution is -2.39. The Kier molecular flexibility index (Phi) is 5.65. The highest BCUT2D eigenvalue weighted by Crippen LogP contribution is 2.81. The summed E-state index contributed by atoms with van der Waals surface area (Å²) in [5.41, 5.74) is 0.439. The fraction of sp³-hybridized carbons (Fsp3) is 0. The summed E-state index contributed by atoms with van der Waals surface area (Å²) in [7, 11) is -9.22. The van der Waals surface area contributed by atoms with Crippen LogP contribution < -0.4 is 0 Å². The first-order chi connectivity index (χ1) is 15.3. The molecular weight excluding hydrogens is 443 g/mol. The fourth-order valence-corrected chi connectivity index (χ4v) is 13.6. The van der Waals surface area contributed by atoms with Gasteiger partial charge in [-0.3, -0.25) is 9.11 Å². The van der Waals surface area contributed by atoms with Gasteiger partial charge in [-0.1, -0.05) is 82.4 Å². The summed E-state index contributed by atoms with van der Waals surface area (Å²) in [6, 6.07) is 29.7. The molecule has 3 nitrogen and oxygen atoms in total. The first kappa shape index (κ1) is 22.2. The van der Waals surface area contributed by atoms with E-state index in [9.17, 15) is 13.3 Å². The Morgan fingerprint density at radius 2 is 1.12 bits per heavy atom. The van der Waals surface area contributed by atoms with E-state index in [1.54, 1.807) is 91.0 Å². The highest BCUT2D eigenvalue weighted by Gasteiger charge is 2.56. The third-order valence-corrected chi connectivity index (χ3v) is 15.0. The van der Waals surface area contributed by atoms with Crippen LogP contribution in [0.25, 0.3) is 6.08 Å². The second kappa shape index (κ2) is 8.15. The van der Waals surface area contributed by atoms with E-state index in [0.29, 0.717) is 20.2 Å². The molecule has 32 heavy (non-hydrogen) atoms. The van der Waals surface area contributed by atoms with Gasteiger partial charge >= 0.3 is 0 Å². The van der Waals surface area contributed by atoms with Crippen molar-refractivity contribution in [2.45, 2.75) is 19.6 Å². The summed E-state index contributed by atoms with van der Waals surface area (Å²) in [6.45, 7) is 3.62. The van der Waals surface area contributed by atoms with E-state index in [1.807, 2.05) is 0 Å². The molecule has 0 saturated heterocycles. The van der Waals surface area contributed by atoms with Crippen LogP contribution in [0, 0.1) is 5.82 Å². The number of hydrogen-bond acceptors (Lipinski definition) is 1. The number of benzene rings is 4. The Morgan fingerprint density at radius 1 is 0.719 bits per heavy atom. The molecule has 0 fully saturated rings. The van der Waals surface area contributed by atoms with Gasteiger partial charge in [-0.25, -0.2) is 8.60 Å². The van der Waals surface area contributed by atoms with Crippen molar-refractivity contribution in [3.05, 3.63) is 127 Å². The molecule has 0 saturated carbocycles. The standard InChI is InChI=1S/C26H23FO3S2/c1-2-21-18-19-26(25(27)20-21)32(28,29,30)31(22-12-6-3-7-13-22,23-14-8-4-9-15-23)24-16-10-5-11-17-24/h2-20H,1H2,(H2,28,29,30). The van der Waals surface area contributed by atoms with Gasteiger partial charge in [-0.15, -0.1) is 0 Å². The fourth-order valence-electron chi connectivity index (χ4n) is 3.83. The molecule has 4 rings (SSSR count). The van der Waals surface area contributed by atoms with Gasteiger partial charge in [-0.2, -0.15) is 0 Å². The monoisotopic (exact) mass is 466 g/mol. The SMILES string of the molecule is C=Cc1ccc(S(=O)(O)(O)S(c2ccccc2)(c2ccccc2)c2ccccc2)c(F)c1. The van der Waals surface area contributed by atoms with E-state index in [4.69, 9.17) is 0 Å². The van der Waals surface area contributed by atoms with Crippen LogP contribution in [0.2, 0.25) is 0 Å². The van der Waals surface area contributed by atoms with Crippen molar-refractivity contribution in [1.29, 1.82) is 0 Å². The minimum atomic E-state index is -5.92. The molecule has 0 aliphatic carbocycles. The highest BCUT2D eigenvalue weighted by atomic mass is 33.2. The van der Waals surface area contributed by atoms with Crippen molar-refractivity contribution in [3.8, 4) is 0 Å². The second-order valence-corrected chi connectivity index (χ2v) is 15.0. The summed E-state index contributed by atoms with van der Waals surface area (Å²) in [5.74, 6) is -0.968. The van der Waals surface area contributed by atoms with E-state index < -0.39 is 28.4 Å². The maximum Gasteiger partial charge on any atom is 0.154 e. The van der Waals surface area contributed by atoms with Gasteiger partial charge in [0.25, 0.3) is 0 Å². The maximum absolute atomic E-state index is 15.3. The van der Waals surface area contributed by atoms with Crippen LogP contribution in [0.3, 0.4) is 0 Å². The van der Waals surface area contributed by atoms with Crippen LogP contribution in [0.15, 0.2) is 135 Å². The largest absolute Gasteiger partial charge is 0.297 e. The molecule has 0 bridgehead atoms. The third kappa shape index (κ3) is 3.32. The highest BCUT2D eigenvalue weighted by molar-refractivity contribution is 8.97. The molecular formula is C26H23FO3S2. The van der Waals surface area contributed by atoms with Crippen molar-refractivity contribution in [2.75, 3.05) is 0 Å². The zero-order valence-electron chi connectivity index (χ0n) is 17.2. The lowest BCUT2D eigenvalue weighted by Gasteiger charge is -2.54. The number of hydrogen-bond donors (Lipinski definition) is 2. The van der Waals surface area contributed by atoms with Crippen LogP contribution in [0.4, 0.5) is 4.39 Å². The number of halogens is 1. The normalized spacial score (nSPS) is 13.7. The predicted molar refractivity (Wildman–Crippen MR) is 130 cm³/mol. The molecule has 2 N–H and O–H groups in total. The third-order valence-electron chi connectivity index (χ3n) is 5.24. The molecule has 0 spiro atoms. The zero-order valence-corrected chi connectivity index (χ0v) is 18.8. The van der Waals surface area contributed by atoms with Gasteiger partial charge in [0, 0.05) is 14.7 Å². The molecule has 4 aromatic rings. The summed E-state index contributed by atoms with van der Waals surface area (Å²) in [5, 5.41) is 0. The van der Waals surface area contributed by atoms with E-state index in [0.717, 1.165) is 6.07 Å². The molecule has 0 aliphatic rings. The molecule has 0 aliphatic heterocycles. The summed E-state index contributed by atoms with van der Waals surface area (Å²) >= 11 is 0. The molecule has 0 heterocycles. The lowest BCUT2D eigenvalue weighted by atomic mass is 10.2. The Labute approximate surface area is 188 Å².